The van der Waals surface area contributed by atoms with Gasteiger partial charge in [-0.2, -0.15) is 26.3 Å². The summed E-state index contributed by atoms with van der Waals surface area (Å²) in [5.74, 6) is -4.74. The lowest BCUT2D eigenvalue weighted by Gasteiger charge is -2.37. The Morgan fingerprint density at radius 1 is 1.04 bits per heavy atom. The molecule has 0 radical (unpaired) electrons. The van der Waals surface area contributed by atoms with Crippen LogP contribution in [0.2, 0.25) is 0 Å². The number of alkyl halides is 6. The Morgan fingerprint density at radius 3 is 2.22 bits per heavy atom. The molecule has 1 aromatic rings. The van der Waals surface area contributed by atoms with Crippen molar-refractivity contribution in [1.82, 2.24) is 5.32 Å². The van der Waals surface area contributed by atoms with Gasteiger partial charge in [0.15, 0.2) is 0 Å². The van der Waals surface area contributed by atoms with E-state index in [1.165, 1.54) is 29.6 Å². The van der Waals surface area contributed by atoms with Crippen LogP contribution in [0.4, 0.5) is 32.0 Å². The van der Waals surface area contributed by atoms with E-state index in [-0.39, 0.29) is 23.4 Å². The number of benzene rings is 1. The Morgan fingerprint density at radius 2 is 1.65 bits per heavy atom. The van der Waals surface area contributed by atoms with E-state index in [9.17, 15) is 35.9 Å². The lowest BCUT2D eigenvalue weighted by Crippen LogP contribution is -2.58. The summed E-state index contributed by atoms with van der Waals surface area (Å²) in [4.78, 5) is 22.8. The van der Waals surface area contributed by atoms with Crippen LogP contribution in [0.25, 0.3) is 0 Å². The molecule has 2 amide bonds. The second kappa shape index (κ2) is 5.74. The third-order valence-electron chi connectivity index (χ3n) is 3.27. The smallest absolute Gasteiger partial charge is 0.328 e. The van der Waals surface area contributed by atoms with Crippen LogP contribution in [0.1, 0.15) is 12.0 Å². The summed E-state index contributed by atoms with van der Waals surface area (Å²) < 4.78 is 75.2. The van der Waals surface area contributed by atoms with Crippen molar-refractivity contribution in [3.63, 3.8) is 0 Å². The van der Waals surface area contributed by atoms with Gasteiger partial charge in [-0.3, -0.25) is 14.5 Å². The maximum atomic E-state index is 12.7. The first kappa shape index (κ1) is 17.1. The Bertz CT molecular complexity index is 626. The number of hydrogen-bond acceptors (Lipinski definition) is 2. The van der Waals surface area contributed by atoms with Crippen LogP contribution < -0.4 is 10.2 Å². The molecule has 1 aliphatic rings. The number of carbonyl (C=O) groups excluding carboxylic acids is 2. The quantitative estimate of drug-likeness (QED) is 0.799. The first-order chi connectivity index (χ1) is 10.5. The van der Waals surface area contributed by atoms with Crippen molar-refractivity contribution < 1.29 is 35.9 Å². The van der Waals surface area contributed by atoms with Crippen LogP contribution in [0.3, 0.4) is 0 Å². The summed E-state index contributed by atoms with van der Waals surface area (Å²) >= 11 is 0. The minimum atomic E-state index is -5.29. The molecule has 0 aromatic heterocycles. The molecule has 4 nitrogen and oxygen atoms in total. The summed E-state index contributed by atoms with van der Waals surface area (Å²) in [6, 6.07) is 5.53. The predicted octanol–water partition coefficient (Wildman–Crippen LogP) is 2.53. The molecule has 0 spiro atoms. The zero-order valence-corrected chi connectivity index (χ0v) is 11.3. The summed E-state index contributed by atoms with van der Waals surface area (Å²) in [6.45, 7) is 0. The second-order valence-corrected chi connectivity index (χ2v) is 4.83. The highest BCUT2D eigenvalue weighted by Gasteiger charge is 2.48. The van der Waals surface area contributed by atoms with Gasteiger partial charge in [0.1, 0.15) is 6.17 Å². The fraction of sp³-hybridized carbons (Fsp3) is 0.385. The van der Waals surface area contributed by atoms with Gasteiger partial charge in [-0.1, -0.05) is 18.2 Å². The van der Waals surface area contributed by atoms with E-state index in [4.69, 9.17) is 0 Å². The maximum absolute atomic E-state index is 12.7. The fourth-order valence-corrected chi connectivity index (χ4v) is 2.30. The number of para-hydroxylation sites is 1. The lowest BCUT2D eigenvalue weighted by molar-refractivity contribution is -0.176. The number of aryl methyl sites for hydroxylation is 1. The highest BCUT2D eigenvalue weighted by molar-refractivity contribution is 5.99. The third-order valence-corrected chi connectivity index (χ3v) is 3.27. The van der Waals surface area contributed by atoms with Crippen molar-refractivity contribution in [3.8, 4) is 0 Å². The van der Waals surface area contributed by atoms with E-state index in [2.05, 4.69) is 0 Å². The molecule has 1 aromatic carbocycles. The highest BCUT2D eigenvalue weighted by atomic mass is 19.4. The number of amides is 2. The monoisotopic (exact) mass is 340 g/mol. The number of nitrogens with zero attached hydrogens (tertiary/aromatic N) is 1. The Kier molecular flexibility index (Phi) is 4.27. The van der Waals surface area contributed by atoms with E-state index in [0.29, 0.717) is 5.56 Å². The number of carbonyl (C=O) groups is 2. The van der Waals surface area contributed by atoms with Crippen molar-refractivity contribution >= 4 is 17.5 Å². The molecule has 0 saturated heterocycles. The number of hydrogen-bond donors (Lipinski definition) is 1. The topological polar surface area (TPSA) is 49.4 Å². The predicted molar refractivity (Wildman–Crippen MR) is 66.3 cm³/mol. The molecule has 2 rings (SSSR count). The van der Waals surface area contributed by atoms with E-state index in [1.807, 2.05) is 0 Å². The normalized spacial score (nSPS) is 18.3. The van der Waals surface area contributed by atoms with Crippen LogP contribution in [-0.4, -0.2) is 30.3 Å². The standard InChI is InChI=1S/C13H10F6N2O2/c14-12(15,16)10(22)20-9-6-5-7-3-1-2-4-8(7)21(9)11(23)13(17,18)19/h1-4,9H,5-6H2,(H,20,22). The van der Waals surface area contributed by atoms with Crippen LogP contribution in [-0.2, 0) is 16.0 Å². The van der Waals surface area contributed by atoms with Gasteiger partial charge in [0, 0.05) is 5.69 Å². The van der Waals surface area contributed by atoms with Gasteiger partial charge in [-0.05, 0) is 24.5 Å². The van der Waals surface area contributed by atoms with E-state index >= 15 is 0 Å². The molecule has 1 N–H and O–H groups in total. The first-order valence-corrected chi connectivity index (χ1v) is 6.38. The van der Waals surface area contributed by atoms with Crippen molar-refractivity contribution in [2.75, 3.05) is 4.90 Å². The Balaban J connectivity index is 2.39. The fourth-order valence-electron chi connectivity index (χ4n) is 2.30. The molecule has 23 heavy (non-hydrogen) atoms. The molecule has 0 saturated carbocycles. The van der Waals surface area contributed by atoms with Crippen LogP contribution in [0.15, 0.2) is 24.3 Å². The van der Waals surface area contributed by atoms with Crippen LogP contribution >= 0.6 is 0 Å². The van der Waals surface area contributed by atoms with E-state index < -0.39 is 30.3 Å². The Hall–Kier alpha value is -2.26. The summed E-state index contributed by atoms with van der Waals surface area (Å²) in [5.41, 5.74) is 0.205. The van der Waals surface area contributed by atoms with E-state index in [0.717, 1.165) is 0 Å². The second-order valence-electron chi connectivity index (χ2n) is 4.83. The van der Waals surface area contributed by atoms with Crippen molar-refractivity contribution in [3.05, 3.63) is 29.8 Å². The molecular weight excluding hydrogens is 330 g/mol. The van der Waals surface area contributed by atoms with Crippen molar-refractivity contribution in [1.29, 1.82) is 0 Å². The molecule has 0 fully saturated rings. The van der Waals surface area contributed by atoms with Crippen molar-refractivity contribution in [2.45, 2.75) is 31.4 Å². The average Bonchev–Trinajstić information content (AvgIpc) is 2.44. The van der Waals surface area contributed by atoms with Gasteiger partial charge in [-0.25, -0.2) is 0 Å². The van der Waals surface area contributed by atoms with Gasteiger partial charge in [0.25, 0.3) is 0 Å². The molecule has 10 heteroatoms. The molecule has 1 unspecified atom stereocenters. The summed E-state index contributed by atoms with van der Waals surface area (Å²) in [7, 11) is 0. The lowest BCUT2D eigenvalue weighted by atomic mass is 9.99. The number of fused-ring (bicyclic) bond motifs is 1. The SMILES string of the molecule is O=C(NC1CCc2ccccc2N1C(=O)C(F)(F)F)C(F)(F)F. The molecule has 1 aliphatic heterocycles. The minimum Gasteiger partial charge on any atom is -0.328 e. The van der Waals surface area contributed by atoms with Gasteiger partial charge in [-0.15, -0.1) is 0 Å². The van der Waals surface area contributed by atoms with Crippen LogP contribution in [0, 0.1) is 0 Å². The van der Waals surface area contributed by atoms with Gasteiger partial charge >= 0.3 is 24.2 Å². The average molecular weight is 340 g/mol. The zero-order valence-electron chi connectivity index (χ0n) is 11.3. The largest absolute Gasteiger partial charge is 0.471 e. The van der Waals surface area contributed by atoms with E-state index in [1.54, 1.807) is 0 Å². The number of rotatable bonds is 1. The van der Waals surface area contributed by atoms with Gasteiger partial charge in [0.2, 0.25) is 0 Å². The first-order valence-electron chi connectivity index (χ1n) is 6.38. The molecule has 0 bridgehead atoms. The highest BCUT2D eigenvalue weighted by Crippen LogP contribution is 2.33. The van der Waals surface area contributed by atoms with Crippen LogP contribution in [0.5, 0.6) is 0 Å². The number of halogens is 6. The summed E-state index contributed by atoms with van der Waals surface area (Å²) in [6.07, 6.45) is -12.4. The van der Waals surface area contributed by atoms with Gasteiger partial charge < -0.3 is 5.32 Å². The molecule has 1 heterocycles. The number of nitrogens with one attached hydrogen (secondary N) is 1. The maximum Gasteiger partial charge on any atom is 0.471 e. The molecule has 126 valence electrons. The van der Waals surface area contributed by atoms with Gasteiger partial charge in [0.05, 0.1) is 0 Å². The zero-order chi connectivity index (χ0) is 17.4. The molecule has 1 atom stereocenters. The molecule has 0 aliphatic carbocycles. The van der Waals surface area contributed by atoms with Crippen molar-refractivity contribution in [2.24, 2.45) is 0 Å². The molecular formula is C13H10F6N2O2. The third kappa shape index (κ3) is 3.57. The minimum absolute atomic E-state index is 0.126. The Labute approximate surface area is 126 Å². The summed E-state index contributed by atoms with van der Waals surface area (Å²) in [5, 5.41) is 1.44. The number of anilines is 1.